The van der Waals surface area contributed by atoms with Crippen molar-refractivity contribution in [3.05, 3.63) is 60.2 Å². The highest BCUT2D eigenvalue weighted by molar-refractivity contribution is 6.13. The third-order valence-corrected chi connectivity index (χ3v) is 4.09. The molecule has 1 aliphatic heterocycles. The molecule has 21 heavy (non-hydrogen) atoms. The van der Waals surface area contributed by atoms with E-state index in [2.05, 4.69) is 5.32 Å². The smallest absolute Gasteiger partial charge is 0.269 e. The van der Waals surface area contributed by atoms with Crippen LogP contribution in [0.2, 0.25) is 0 Å². The summed E-state index contributed by atoms with van der Waals surface area (Å²) in [5.41, 5.74) is 0.252. The zero-order chi connectivity index (χ0) is 14.4. The van der Waals surface area contributed by atoms with Crippen LogP contribution in [0.3, 0.4) is 0 Å². The molecule has 2 aromatic rings. The molecule has 1 heterocycles. The lowest BCUT2D eigenvalue weighted by Gasteiger charge is -2.24. The van der Waals surface area contributed by atoms with Crippen LogP contribution in [-0.2, 0) is 4.79 Å². The lowest BCUT2D eigenvalue weighted by atomic mass is 10.0. The van der Waals surface area contributed by atoms with E-state index in [-0.39, 0.29) is 17.6 Å². The van der Waals surface area contributed by atoms with Crippen molar-refractivity contribution >= 4 is 17.4 Å². The molecule has 0 bridgehead atoms. The Bertz CT molecular complexity index is 741. The van der Waals surface area contributed by atoms with Gasteiger partial charge < -0.3 is 10.1 Å². The fourth-order valence-electron chi connectivity index (χ4n) is 2.86. The van der Waals surface area contributed by atoms with E-state index in [0.29, 0.717) is 23.4 Å². The third kappa shape index (κ3) is 1.76. The molecule has 104 valence electrons. The maximum atomic E-state index is 12.5. The van der Waals surface area contributed by atoms with Crippen LogP contribution in [0, 0.1) is 5.92 Å². The first-order valence-electron chi connectivity index (χ1n) is 6.89. The molecule has 0 aromatic heterocycles. The van der Waals surface area contributed by atoms with Crippen molar-refractivity contribution in [2.24, 2.45) is 5.92 Å². The number of fused-ring (bicyclic) bond motifs is 2. The summed E-state index contributed by atoms with van der Waals surface area (Å²) in [6.07, 6.45) is 0.444. The SMILES string of the molecule is O=C1c2ccccc2O[C@@]2(C(=O)Nc3ccccc3)C[C@@H]12. The minimum absolute atomic E-state index is 0.0000571. The summed E-state index contributed by atoms with van der Waals surface area (Å²) < 4.78 is 5.87. The normalized spacial score (nSPS) is 25.3. The number of ether oxygens (including phenoxy) is 1. The molecular weight excluding hydrogens is 266 g/mol. The minimum Gasteiger partial charge on any atom is -0.476 e. The minimum atomic E-state index is -1.03. The van der Waals surface area contributed by atoms with Gasteiger partial charge in [-0.15, -0.1) is 0 Å². The summed E-state index contributed by atoms with van der Waals surface area (Å²) in [5.74, 6) is -0.114. The molecule has 4 rings (SSSR count). The highest BCUT2D eigenvalue weighted by atomic mass is 16.5. The van der Waals surface area contributed by atoms with E-state index in [0.717, 1.165) is 0 Å². The number of anilines is 1. The van der Waals surface area contributed by atoms with Crippen LogP contribution in [0.15, 0.2) is 54.6 Å². The monoisotopic (exact) mass is 279 g/mol. The van der Waals surface area contributed by atoms with Gasteiger partial charge >= 0.3 is 0 Å². The van der Waals surface area contributed by atoms with Crippen molar-refractivity contribution < 1.29 is 14.3 Å². The number of nitrogens with one attached hydrogen (secondary N) is 1. The highest BCUT2D eigenvalue weighted by Gasteiger charge is 2.68. The van der Waals surface area contributed by atoms with Gasteiger partial charge in [0.2, 0.25) is 0 Å². The number of rotatable bonds is 2. The van der Waals surface area contributed by atoms with Crippen LogP contribution in [0.5, 0.6) is 5.75 Å². The van der Waals surface area contributed by atoms with Crippen molar-refractivity contribution in [3.63, 3.8) is 0 Å². The van der Waals surface area contributed by atoms with Gasteiger partial charge in [-0.25, -0.2) is 0 Å². The fourth-order valence-corrected chi connectivity index (χ4v) is 2.86. The van der Waals surface area contributed by atoms with Crippen LogP contribution in [0.25, 0.3) is 0 Å². The Hall–Kier alpha value is -2.62. The molecule has 2 atom stereocenters. The summed E-state index contributed by atoms with van der Waals surface area (Å²) in [4.78, 5) is 24.9. The zero-order valence-corrected chi connectivity index (χ0v) is 11.2. The van der Waals surface area contributed by atoms with E-state index in [1.165, 1.54) is 0 Å². The number of hydrogen-bond donors (Lipinski definition) is 1. The average molecular weight is 279 g/mol. The van der Waals surface area contributed by atoms with Crippen molar-refractivity contribution in [1.29, 1.82) is 0 Å². The van der Waals surface area contributed by atoms with Gasteiger partial charge in [0.05, 0.1) is 11.5 Å². The Morgan fingerprint density at radius 2 is 1.81 bits per heavy atom. The quantitative estimate of drug-likeness (QED) is 0.919. The Balaban J connectivity index is 1.63. The Labute approximate surface area is 121 Å². The molecule has 0 saturated heterocycles. The molecule has 1 amide bonds. The molecule has 0 spiro atoms. The molecule has 2 aliphatic rings. The molecular formula is C17H13NO3. The van der Waals surface area contributed by atoms with Crippen LogP contribution in [-0.4, -0.2) is 17.3 Å². The van der Waals surface area contributed by atoms with Gasteiger partial charge in [0.25, 0.3) is 5.91 Å². The topological polar surface area (TPSA) is 55.4 Å². The van der Waals surface area contributed by atoms with Crippen LogP contribution in [0.4, 0.5) is 5.69 Å². The summed E-state index contributed by atoms with van der Waals surface area (Å²) in [7, 11) is 0. The number of Topliss-reactive ketones (excluding diaryl/α,β-unsaturated/α-hetero) is 1. The largest absolute Gasteiger partial charge is 0.476 e. The number of carbonyl (C=O) groups excluding carboxylic acids is 2. The second-order valence-corrected chi connectivity index (χ2v) is 5.43. The number of carbonyl (C=O) groups is 2. The standard InChI is InChI=1S/C17H13NO3/c19-15-12-8-4-5-9-14(12)21-17(10-13(15)17)16(20)18-11-6-2-1-3-7-11/h1-9,13H,10H2,(H,18,20)/t13-,17-/m0/s1. The Kier molecular flexibility index (Phi) is 2.42. The summed E-state index contributed by atoms with van der Waals surface area (Å²) in [5, 5.41) is 2.83. The van der Waals surface area contributed by atoms with Gasteiger partial charge in [-0.1, -0.05) is 30.3 Å². The van der Waals surface area contributed by atoms with E-state index in [4.69, 9.17) is 4.74 Å². The Morgan fingerprint density at radius 1 is 1.10 bits per heavy atom. The molecule has 1 N–H and O–H groups in total. The third-order valence-electron chi connectivity index (χ3n) is 4.09. The lowest BCUT2D eigenvalue weighted by molar-refractivity contribution is -0.125. The first-order chi connectivity index (χ1) is 10.2. The van der Waals surface area contributed by atoms with Crippen LogP contribution in [0.1, 0.15) is 16.8 Å². The molecule has 4 nitrogen and oxygen atoms in total. The highest BCUT2D eigenvalue weighted by Crippen LogP contribution is 2.54. The molecule has 2 aromatic carbocycles. The van der Waals surface area contributed by atoms with Gasteiger partial charge in [-0.2, -0.15) is 0 Å². The van der Waals surface area contributed by atoms with Crippen molar-refractivity contribution in [2.45, 2.75) is 12.0 Å². The van der Waals surface area contributed by atoms with Gasteiger partial charge in [-0.3, -0.25) is 9.59 Å². The number of benzene rings is 2. The van der Waals surface area contributed by atoms with E-state index in [1.54, 1.807) is 24.3 Å². The summed E-state index contributed by atoms with van der Waals surface area (Å²) in [6, 6.07) is 16.3. The second kappa shape index (κ2) is 4.19. The zero-order valence-electron chi connectivity index (χ0n) is 11.2. The van der Waals surface area contributed by atoms with Gasteiger partial charge in [0.15, 0.2) is 11.4 Å². The van der Waals surface area contributed by atoms with Crippen LogP contribution < -0.4 is 10.1 Å². The summed E-state index contributed by atoms with van der Waals surface area (Å²) >= 11 is 0. The van der Waals surface area contributed by atoms with E-state index in [9.17, 15) is 9.59 Å². The fraction of sp³-hybridized carbons (Fsp3) is 0.176. The number of hydrogen-bond acceptors (Lipinski definition) is 3. The maximum Gasteiger partial charge on any atom is 0.269 e. The van der Waals surface area contributed by atoms with Gasteiger partial charge in [-0.05, 0) is 24.3 Å². The predicted octanol–water partition coefficient (Wildman–Crippen LogP) is 2.66. The lowest BCUT2D eigenvalue weighted by Crippen LogP contribution is -2.41. The summed E-state index contributed by atoms with van der Waals surface area (Å²) in [6.45, 7) is 0. The van der Waals surface area contributed by atoms with Crippen molar-refractivity contribution in [2.75, 3.05) is 5.32 Å². The first kappa shape index (κ1) is 12.1. The Morgan fingerprint density at radius 3 is 2.62 bits per heavy atom. The molecule has 0 unspecified atom stereocenters. The van der Waals surface area contributed by atoms with E-state index >= 15 is 0 Å². The molecule has 1 saturated carbocycles. The van der Waals surface area contributed by atoms with Gasteiger partial charge in [0, 0.05) is 12.1 Å². The van der Waals surface area contributed by atoms with Crippen molar-refractivity contribution in [3.8, 4) is 5.75 Å². The van der Waals surface area contributed by atoms with Gasteiger partial charge in [0.1, 0.15) is 5.75 Å². The molecule has 4 heteroatoms. The predicted molar refractivity (Wildman–Crippen MR) is 77.3 cm³/mol. The van der Waals surface area contributed by atoms with E-state index in [1.807, 2.05) is 30.3 Å². The van der Waals surface area contributed by atoms with Crippen molar-refractivity contribution in [1.82, 2.24) is 0 Å². The molecule has 0 radical (unpaired) electrons. The average Bonchev–Trinajstić information content (AvgIpc) is 3.25. The first-order valence-corrected chi connectivity index (χ1v) is 6.89. The second-order valence-electron chi connectivity index (χ2n) is 5.43. The number of amides is 1. The maximum absolute atomic E-state index is 12.5. The molecule has 1 fully saturated rings. The van der Waals surface area contributed by atoms with E-state index < -0.39 is 5.60 Å². The van der Waals surface area contributed by atoms with Crippen LogP contribution >= 0.6 is 0 Å². The number of para-hydroxylation sites is 2. The number of ketones is 1. The molecule has 1 aliphatic carbocycles.